The second kappa shape index (κ2) is 4.53. The molecule has 0 aliphatic carbocycles. The van der Waals surface area contributed by atoms with Crippen LogP contribution in [0.3, 0.4) is 0 Å². The molecule has 1 aliphatic rings. The first-order chi connectivity index (χ1) is 7.58. The van der Waals surface area contributed by atoms with Gasteiger partial charge in [0, 0.05) is 5.75 Å². The number of hydrogen-bond acceptors (Lipinski definition) is 4. The summed E-state index contributed by atoms with van der Waals surface area (Å²) in [6.45, 7) is 0. The molecule has 0 spiro atoms. The van der Waals surface area contributed by atoms with Crippen molar-refractivity contribution in [3.63, 3.8) is 0 Å². The molecule has 0 aromatic heterocycles. The first-order valence-electron chi connectivity index (χ1n) is 4.67. The Morgan fingerprint density at radius 3 is 2.88 bits per heavy atom. The summed E-state index contributed by atoms with van der Waals surface area (Å²) in [7, 11) is 0. The van der Waals surface area contributed by atoms with Gasteiger partial charge in [0.25, 0.3) is 0 Å². The third kappa shape index (κ3) is 2.26. The largest absolute Gasteiger partial charge is 0.506 e. The Morgan fingerprint density at radius 1 is 1.56 bits per heavy atom. The van der Waals surface area contributed by atoms with Crippen molar-refractivity contribution in [2.24, 2.45) is 0 Å². The molecule has 1 aromatic carbocycles. The minimum absolute atomic E-state index is 0.0307. The lowest BCUT2D eigenvalue weighted by molar-refractivity contribution is -0.138. The van der Waals surface area contributed by atoms with Crippen LogP contribution in [0.1, 0.15) is 10.9 Å². The summed E-state index contributed by atoms with van der Waals surface area (Å²) in [4.78, 5) is 10.8. The van der Waals surface area contributed by atoms with E-state index in [1.807, 2.05) is 0 Å². The van der Waals surface area contributed by atoms with Crippen molar-refractivity contribution in [1.29, 1.82) is 0 Å². The Bertz CT molecular complexity index is 427. The van der Waals surface area contributed by atoms with Gasteiger partial charge in [0.05, 0.1) is 10.4 Å². The van der Waals surface area contributed by atoms with Gasteiger partial charge in [0.15, 0.2) is 0 Å². The topological polar surface area (TPSA) is 69.6 Å². The summed E-state index contributed by atoms with van der Waals surface area (Å²) in [6, 6.07) is 4.36. The van der Waals surface area contributed by atoms with Gasteiger partial charge >= 0.3 is 5.97 Å². The first kappa shape index (κ1) is 11.6. The Morgan fingerprint density at radius 2 is 2.31 bits per heavy atom. The van der Waals surface area contributed by atoms with Gasteiger partial charge in [0.1, 0.15) is 11.8 Å². The van der Waals surface area contributed by atoms with Crippen molar-refractivity contribution in [2.75, 3.05) is 5.75 Å². The maximum atomic E-state index is 10.8. The van der Waals surface area contributed by atoms with Crippen LogP contribution in [0.5, 0.6) is 5.75 Å². The van der Waals surface area contributed by atoms with Crippen LogP contribution in [0, 0.1) is 0 Å². The highest BCUT2D eigenvalue weighted by molar-refractivity contribution is 7.99. The molecule has 16 heavy (non-hydrogen) atoms. The number of rotatable bonds is 2. The van der Waals surface area contributed by atoms with Crippen LogP contribution in [0.4, 0.5) is 0 Å². The third-order valence-electron chi connectivity index (χ3n) is 2.35. The van der Waals surface area contributed by atoms with E-state index in [-0.39, 0.29) is 16.1 Å². The normalized spacial score (nSPS) is 24.6. The fourth-order valence-electron chi connectivity index (χ4n) is 1.49. The lowest BCUT2D eigenvalue weighted by atomic mass is 10.2. The molecule has 6 heteroatoms. The molecule has 86 valence electrons. The van der Waals surface area contributed by atoms with E-state index in [1.165, 1.54) is 17.8 Å². The fraction of sp³-hybridized carbons (Fsp3) is 0.300. The van der Waals surface area contributed by atoms with Gasteiger partial charge in [-0.3, -0.25) is 10.1 Å². The van der Waals surface area contributed by atoms with Gasteiger partial charge in [-0.2, -0.15) is 0 Å². The Balaban J connectivity index is 2.14. The van der Waals surface area contributed by atoms with E-state index in [9.17, 15) is 9.90 Å². The smallest absolute Gasteiger partial charge is 0.321 e. The maximum Gasteiger partial charge on any atom is 0.321 e. The number of hydrogen-bond donors (Lipinski definition) is 3. The molecule has 0 amide bonds. The van der Waals surface area contributed by atoms with E-state index in [2.05, 4.69) is 5.32 Å². The highest BCUT2D eigenvalue weighted by Gasteiger charge is 2.30. The molecular formula is C10H10ClNO3S. The summed E-state index contributed by atoms with van der Waals surface area (Å²) in [5.41, 5.74) is 0.872. The van der Waals surface area contributed by atoms with Gasteiger partial charge in [-0.1, -0.05) is 17.7 Å². The second-order valence-corrected chi connectivity index (χ2v) is 5.03. The zero-order valence-corrected chi connectivity index (χ0v) is 9.76. The molecule has 1 aliphatic heterocycles. The number of benzene rings is 1. The van der Waals surface area contributed by atoms with Gasteiger partial charge in [-0.25, -0.2) is 0 Å². The molecule has 4 nitrogen and oxygen atoms in total. The second-order valence-electron chi connectivity index (χ2n) is 3.48. The molecular weight excluding hydrogens is 250 g/mol. The van der Waals surface area contributed by atoms with Crippen LogP contribution in [0.15, 0.2) is 18.2 Å². The van der Waals surface area contributed by atoms with Gasteiger partial charge in [-0.05, 0) is 17.7 Å². The zero-order valence-electron chi connectivity index (χ0n) is 8.18. The number of thioether (sulfide) groups is 1. The summed E-state index contributed by atoms with van der Waals surface area (Å²) < 4.78 is 0. The van der Waals surface area contributed by atoms with Gasteiger partial charge < -0.3 is 10.2 Å². The highest BCUT2D eigenvalue weighted by Crippen LogP contribution is 2.35. The average Bonchev–Trinajstić information content (AvgIpc) is 2.71. The number of aliphatic carboxylic acids is 1. The van der Waals surface area contributed by atoms with Crippen LogP contribution in [-0.4, -0.2) is 28.0 Å². The predicted molar refractivity (Wildman–Crippen MR) is 62.9 cm³/mol. The molecule has 2 rings (SSSR count). The summed E-state index contributed by atoms with van der Waals surface area (Å²) in [6.07, 6.45) is 0. The maximum absolute atomic E-state index is 10.8. The van der Waals surface area contributed by atoms with E-state index in [1.54, 1.807) is 12.1 Å². The van der Waals surface area contributed by atoms with Crippen LogP contribution < -0.4 is 5.32 Å². The zero-order chi connectivity index (χ0) is 11.7. The molecule has 1 fully saturated rings. The number of carboxylic acid groups (broad SMARTS) is 1. The number of carboxylic acids is 1. The van der Waals surface area contributed by atoms with Crippen molar-refractivity contribution in [2.45, 2.75) is 11.4 Å². The molecule has 1 heterocycles. The summed E-state index contributed by atoms with van der Waals surface area (Å²) >= 11 is 7.30. The van der Waals surface area contributed by atoms with E-state index < -0.39 is 12.0 Å². The first-order valence-corrected chi connectivity index (χ1v) is 6.09. The fourth-order valence-corrected chi connectivity index (χ4v) is 2.90. The number of aromatic hydroxyl groups is 1. The monoisotopic (exact) mass is 259 g/mol. The van der Waals surface area contributed by atoms with Crippen molar-refractivity contribution in [3.05, 3.63) is 28.8 Å². The molecule has 1 saturated heterocycles. The minimum atomic E-state index is -0.847. The molecule has 2 unspecified atom stereocenters. The Kier molecular flexibility index (Phi) is 3.28. The van der Waals surface area contributed by atoms with Crippen LogP contribution >= 0.6 is 23.4 Å². The Labute approximate surface area is 102 Å². The number of halogens is 1. The van der Waals surface area contributed by atoms with Crippen molar-refractivity contribution in [3.8, 4) is 5.75 Å². The van der Waals surface area contributed by atoms with E-state index in [4.69, 9.17) is 16.7 Å². The van der Waals surface area contributed by atoms with E-state index >= 15 is 0 Å². The molecule has 1 aromatic rings. The number of phenols is 1. The standard InChI is InChI=1S/C10H10ClNO3S/c11-6-3-5(1-2-8(6)13)9-12-7(4-16-9)10(14)15/h1-3,7,9,12-13H,4H2,(H,14,15). The van der Waals surface area contributed by atoms with Crippen molar-refractivity contribution < 1.29 is 15.0 Å². The van der Waals surface area contributed by atoms with E-state index in [0.717, 1.165) is 5.56 Å². The SMILES string of the molecule is O=C(O)C1CSC(c2ccc(O)c(Cl)c2)N1. The predicted octanol–water partition coefficient (Wildman–Crippen LogP) is 1.83. The van der Waals surface area contributed by atoms with E-state index in [0.29, 0.717) is 5.75 Å². The highest BCUT2D eigenvalue weighted by atomic mass is 35.5. The van der Waals surface area contributed by atoms with Crippen molar-refractivity contribution in [1.82, 2.24) is 5.32 Å². The average molecular weight is 260 g/mol. The number of carbonyl (C=O) groups is 1. The van der Waals surface area contributed by atoms with Crippen LogP contribution in [0.2, 0.25) is 5.02 Å². The van der Waals surface area contributed by atoms with Gasteiger partial charge in [-0.15, -0.1) is 11.8 Å². The molecule has 0 saturated carbocycles. The Hall–Kier alpha value is -0.910. The third-order valence-corrected chi connectivity index (χ3v) is 3.92. The molecule has 2 atom stereocenters. The molecule has 3 N–H and O–H groups in total. The lowest BCUT2D eigenvalue weighted by Gasteiger charge is -2.11. The van der Waals surface area contributed by atoms with Crippen LogP contribution in [-0.2, 0) is 4.79 Å². The van der Waals surface area contributed by atoms with Gasteiger partial charge in [0.2, 0.25) is 0 Å². The summed E-state index contributed by atoms with van der Waals surface area (Å²) in [5.74, 6) is -0.290. The quantitative estimate of drug-likeness (QED) is 0.756. The molecule has 0 radical (unpaired) electrons. The minimum Gasteiger partial charge on any atom is -0.506 e. The van der Waals surface area contributed by atoms with Crippen molar-refractivity contribution >= 4 is 29.3 Å². The lowest BCUT2D eigenvalue weighted by Crippen LogP contribution is -2.33. The van der Waals surface area contributed by atoms with Crippen LogP contribution in [0.25, 0.3) is 0 Å². The summed E-state index contributed by atoms with van der Waals surface area (Å²) in [5, 5.41) is 21.3. The number of phenolic OH excluding ortho intramolecular Hbond substituents is 1. The number of nitrogens with one attached hydrogen (secondary N) is 1. The molecule has 0 bridgehead atoms.